The summed E-state index contributed by atoms with van der Waals surface area (Å²) >= 11 is 5.66. The first-order chi connectivity index (χ1) is 20.7. The molecule has 13 nitrogen and oxygen atoms in total. The number of alkyl halides is 1. The summed E-state index contributed by atoms with van der Waals surface area (Å²) in [6, 6.07) is 0. The maximum Gasteiger partial charge on any atom is 3.00 e. The van der Waals surface area contributed by atoms with Gasteiger partial charge in [0.1, 0.15) is 5.78 Å². The van der Waals surface area contributed by atoms with Crippen molar-refractivity contribution in [1.82, 2.24) is 19.6 Å². The smallest absolute Gasteiger partial charge is 0.549 e. The van der Waals surface area contributed by atoms with Crippen molar-refractivity contribution in [3.8, 4) is 0 Å². The fraction of sp³-hybridized carbons (Fsp3) is 0.862. The average Bonchev–Trinajstić information content (AvgIpc) is 2.94. The van der Waals surface area contributed by atoms with E-state index >= 15 is 0 Å². The summed E-state index contributed by atoms with van der Waals surface area (Å²) in [5.41, 5.74) is 0. The van der Waals surface area contributed by atoms with Crippen molar-refractivity contribution in [2.45, 2.75) is 51.4 Å². The van der Waals surface area contributed by atoms with E-state index in [1.54, 1.807) is 14.7 Å². The van der Waals surface area contributed by atoms with Crippen LogP contribution in [0.5, 0.6) is 0 Å². The number of rotatable bonds is 23. The number of unbranched alkanes of at least 4 members (excludes halogenated alkanes) is 3. The van der Waals surface area contributed by atoms with Crippen LogP contribution in [0, 0.1) is 39.9 Å². The van der Waals surface area contributed by atoms with Gasteiger partial charge in [0, 0.05) is 104 Å². The van der Waals surface area contributed by atoms with Gasteiger partial charge in [0.15, 0.2) is 0 Å². The van der Waals surface area contributed by atoms with Crippen LogP contribution in [0.2, 0.25) is 0 Å². The number of halogens is 1. The first-order valence-corrected chi connectivity index (χ1v) is 15.9. The molecule has 1 aliphatic rings. The van der Waals surface area contributed by atoms with E-state index in [1.165, 1.54) is 0 Å². The molecule has 0 aromatic rings. The van der Waals surface area contributed by atoms with Crippen LogP contribution in [-0.2, 0) is 28.7 Å². The van der Waals surface area contributed by atoms with Crippen LogP contribution >= 0.6 is 11.6 Å². The summed E-state index contributed by atoms with van der Waals surface area (Å²) < 4.78 is 11.1. The number of ether oxygens (including phenoxy) is 2. The van der Waals surface area contributed by atoms with Gasteiger partial charge < -0.3 is 44.1 Å². The Kier molecular flexibility index (Phi) is 28.3. The summed E-state index contributed by atoms with van der Waals surface area (Å²) in [7, 11) is 0. The third kappa shape index (κ3) is 25.6. The Labute approximate surface area is 299 Å². The van der Waals surface area contributed by atoms with Gasteiger partial charge in [0.05, 0.1) is 31.1 Å². The molecule has 255 valence electrons. The molecule has 0 spiro atoms. The molecule has 0 aromatic heterocycles. The molecule has 44 heavy (non-hydrogen) atoms. The van der Waals surface area contributed by atoms with Gasteiger partial charge in [0.25, 0.3) is 0 Å². The first-order valence-electron chi connectivity index (χ1n) is 15.4. The number of Topliss-reactive ketones (excluding diaryl/α,β-unsaturated/α-hetero) is 1. The van der Waals surface area contributed by atoms with E-state index in [1.807, 2.05) is 0 Å². The predicted octanol–water partition coefficient (Wildman–Crippen LogP) is -2.58. The molecule has 1 heterocycles. The Morgan fingerprint density at radius 3 is 1.34 bits per heavy atom. The molecule has 0 aliphatic carbocycles. The molecule has 0 N–H and O–H groups in total. The van der Waals surface area contributed by atoms with Crippen LogP contribution in [0.25, 0.3) is 0 Å². The van der Waals surface area contributed by atoms with Crippen molar-refractivity contribution in [2.24, 2.45) is 0 Å². The molecule has 0 saturated carbocycles. The van der Waals surface area contributed by atoms with E-state index in [0.717, 1.165) is 25.7 Å². The molecular formula is C29H50ClGdN4O9. The Bertz CT molecular complexity index is 768. The third-order valence-electron chi connectivity index (χ3n) is 7.21. The second-order valence-corrected chi connectivity index (χ2v) is 11.2. The number of nitrogens with zero attached hydrogens (tertiary/aromatic N) is 4. The van der Waals surface area contributed by atoms with Gasteiger partial charge in [-0.2, -0.15) is 0 Å². The molecule has 1 fully saturated rings. The Hall–Kier alpha value is -0.545. The standard InChI is InChI=1S/C29H53ClN4O9.Gd/c30-9-3-1-2-4-19-42-21-22-43-20-6-8-26(35)7-5-10-31-11-13-32(23-27(36)37)15-17-34(25-29(40)41)18-16-33(14-12-31)24-28(38)39;/h1-25H2,(H,36,37)(H,38,39)(H,40,41);/q;+3/p-3. The molecule has 0 atom stereocenters. The monoisotopic (exact) mass is 791 g/mol. The van der Waals surface area contributed by atoms with Gasteiger partial charge in [-0.3, -0.25) is 19.5 Å². The van der Waals surface area contributed by atoms with Gasteiger partial charge in [-0.25, -0.2) is 0 Å². The minimum atomic E-state index is -1.26. The molecular weight excluding hydrogens is 741 g/mol. The molecule has 1 radical (unpaired) electrons. The second-order valence-electron chi connectivity index (χ2n) is 10.9. The molecule has 1 saturated heterocycles. The minimum Gasteiger partial charge on any atom is -0.549 e. The van der Waals surface area contributed by atoms with Crippen LogP contribution in [0.4, 0.5) is 0 Å². The van der Waals surface area contributed by atoms with E-state index in [0.29, 0.717) is 104 Å². The molecule has 0 bridgehead atoms. The number of carbonyl (C=O) groups excluding carboxylic acids is 4. The summed E-state index contributed by atoms with van der Waals surface area (Å²) in [6.07, 6.45) is 6.40. The van der Waals surface area contributed by atoms with E-state index in [2.05, 4.69) is 4.90 Å². The number of aliphatic carboxylic acids is 3. The number of carbonyl (C=O) groups is 4. The van der Waals surface area contributed by atoms with Crippen LogP contribution in [-0.4, -0.2) is 154 Å². The fourth-order valence-corrected chi connectivity index (χ4v) is 4.98. The van der Waals surface area contributed by atoms with E-state index < -0.39 is 17.9 Å². The fourth-order valence-electron chi connectivity index (χ4n) is 4.79. The number of hydrogen-bond acceptors (Lipinski definition) is 13. The SMILES string of the molecule is O=C([O-])CN1CCN(CCCC(=O)CCCOCCOCCCCCCCl)CCN(CC(=O)[O-])CCN(CC(=O)[O-])CC1.[Gd+3]. The van der Waals surface area contributed by atoms with Gasteiger partial charge >= 0.3 is 39.9 Å². The number of hydrogen-bond donors (Lipinski definition) is 0. The van der Waals surface area contributed by atoms with Crippen LogP contribution in [0.15, 0.2) is 0 Å². The second kappa shape index (κ2) is 28.7. The minimum absolute atomic E-state index is 0. The number of ketones is 1. The van der Waals surface area contributed by atoms with Crippen LogP contribution in [0.3, 0.4) is 0 Å². The van der Waals surface area contributed by atoms with Gasteiger partial charge in [0.2, 0.25) is 0 Å². The van der Waals surface area contributed by atoms with E-state index in [-0.39, 0.29) is 78.4 Å². The quantitative estimate of drug-likeness (QED) is 0.0783. The van der Waals surface area contributed by atoms with Gasteiger partial charge in [-0.1, -0.05) is 12.8 Å². The van der Waals surface area contributed by atoms with Gasteiger partial charge in [-0.15, -0.1) is 11.6 Å². The largest absolute Gasteiger partial charge is 3.00 e. The molecule has 15 heteroatoms. The van der Waals surface area contributed by atoms with Crippen molar-refractivity contribution in [3.05, 3.63) is 0 Å². The van der Waals surface area contributed by atoms with Crippen molar-refractivity contribution >= 4 is 35.3 Å². The molecule has 1 aliphatic heterocycles. The summed E-state index contributed by atoms with van der Waals surface area (Å²) in [4.78, 5) is 53.3. The summed E-state index contributed by atoms with van der Waals surface area (Å²) in [5, 5.41) is 33.8. The number of carboxylic acid groups (broad SMARTS) is 3. The normalized spacial score (nSPS) is 16.5. The van der Waals surface area contributed by atoms with Crippen LogP contribution in [0.1, 0.15) is 51.4 Å². The topological polar surface area (TPSA) is 169 Å². The van der Waals surface area contributed by atoms with Crippen molar-refractivity contribution in [3.63, 3.8) is 0 Å². The van der Waals surface area contributed by atoms with Crippen molar-refractivity contribution in [1.29, 1.82) is 0 Å². The maximum atomic E-state index is 12.4. The van der Waals surface area contributed by atoms with Crippen molar-refractivity contribution < 1.29 is 83.9 Å². The van der Waals surface area contributed by atoms with Crippen LogP contribution < -0.4 is 15.3 Å². The van der Waals surface area contributed by atoms with E-state index in [9.17, 15) is 34.5 Å². The Morgan fingerprint density at radius 1 is 0.523 bits per heavy atom. The van der Waals surface area contributed by atoms with Gasteiger partial charge in [-0.05, 0) is 32.2 Å². The summed E-state index contributed by atoms with van der Waals surface area (Å²) in [6.45, 7) is 4.92. The zero-order valence-electron chi connectivity index (χ0n) is 25.9. The zero-order valence-corrected chi connectivity index (χ0v) is 28.9. The van der Waals surface area contributed by atoms with E-state index in [4.69, 9.17) is 21.1 Å². The molecule has 0 aromatic carbocycles. The Balaban J connectivity index is 0.0000185. The molecule has 0 amide bonds. The molecule has 1 rings (SSSR count). The van der Waals surface area contributed by atoms with Crippen molar-refractivity contribution in [2.75, 3.05) is 111 Å². The Morgan fingerprint density at radius 2 is 0.909 bits per heavy atom. The predicted molar refractivity (Wildman–Crippen MR) is 155 cm³/mol. The summed E-state index contributed by atoms with van der Waals surface area (Å²) in [5.74, 6) is -2.85. The third-order valence-corrected chi connectivity index (χ3v) is 7.47. The first kappa shape index (κ1) is 43.5. The number of carboxylic acids is 3. The molecule has 0 unspecified atom stereocenters. The maximum absolute atomic E-state index is 12.4. The average molecular weight is 791 g/mol. The zero-order chi connectivity index (χ0) is 31.7.